The van der Waals surface area contributed by atoms with Crippen LogP contribution in [-0.4, -0.2) is 24.5 Å². The molecule has 2 rings (SSSR count). The van der Waals surface area contributed by atoms with E-state index in [-0.39, 0.29) is 0 Å². The molecule has 1 aromatic carbocycles. The van der Waals surface area contributed by atoms with Crippen LogP contribution in [0.4, 0.5) is 0 Å². The van der Waals surface area contributed by atoms with Crippen LogP contribution in [0.15, 0.2) is 24.3 Å². The molecule has 1 unspecified atom stereocenters. The van der Waals surface area contributed by atoms with Crippen molar-refractivity contribution in [3.63, 3.8) is 0 Å². The van der Waals surface area contributed by atoms with E-state index in [1.807, 2.05) is 0 Å². The lowest BCUT2D eigenvalue weighted by Crippen LogP contribution is -2.35. The molecule has 1 fully saturated rings. The first-order valence-corrected chi connectivity index (χ1v) is 7.48. The maximum absolute atomic E-state index is 2.65. The Hall–Kier alpha value is -0.820. The molecule has 0 N–H and O–H groups in total. The van der Waals surface area contributed by atoms with Gasteiger partial charge in [0.25, 0.3) is 0 Å². The summed E-state index contributed by atoms with van der Waals surface area (Å²) in [4.78, 5) is 2.65. The summed E-state index contributed by atoms with van der Waals surface area (Å²) in [6.07, 6.45) is 3.97. The molecule has 1 aromatic rings. The molecule has 1 aliphatic heterocycles. The molecule has 0 radical (unpaired) electrons. The Bertz CT molecular complexity index is 346. The van der Waals surface area contributed by atoms with E-state index >= 15 is 0 Å². The summed E-state index contributed by atoms with van der Waals surface area (Å²) in [5, 5.41) is 0. The molecule has 18 heavy (non-hydrogen) atoms. The monoisotopic (exact) mass is 245 g/mol. The highest BCUT2D eigenvalue weighted by Gasteiger charge is 2.21. The second kappa shape index (κ2) is 6.38. The Balaban J connectivity index is 1.84. The fourth-order valence-corrected chi connectivity index (χ4v) is 2.86. The van der Waals surface area contributed by atoms with Gasteiger partial charge in [0.15, 0.2) is 0 Å². The minimum absolute atomic E-state index is 0.791. The largest absolute Gasteiger partial charge is 0.303 e. The van der Waals surface area contributed by atoms with Gasteiger partial charge in [-0.05, 0) is 50.3 Å². The van der Waals surface area contributed by atoms with Gasteiger partial charge in [-0.1, -0.05) is 50.1 Å². The number of benzene rings is 1. The highest BCUT2D eigenvalue weighted by molar-refractivity contribution is 5.24. The van der Waals surface area contributed by atoms with Crippen LogP contribution in [0.25, 0.3) is 0 Å². The molecule has 100 valence electrons. The summed E-state index contributed by atoms with van der Waals surface area (Å²) in [6, 6.07) is 9.15. The van der Waals surface area contributed by atoms with Crippen LogP contribution in [0.3, 0.4) is 0 Å². The first-order chi connectivity index (χ1) is 8.69. The summed E-state index contributed by atoms with van der Waals surface area (Å²) in [5.74, 6) is 1.64. The third-order valence-corrected chi connectivity index (χ3v) is 4.40. The van der Waals surface area contributed by atoms with Crippen molar-refractivity contribution in [2.75, 3.05) is 19.6 Å². The summed E-state index contributed by atoms with van der Waals surface area (Å²) < 4.78 is 0. The molecule has 0 bridgehead atoms. The number of hydrogen-bond acceptors (Lipinski definition) is 1. The summed E-state index contributed by atoms with van der Waals surface area (Å²) >= 11 is 0. The molecular formula is C17H27N. The van der Waals surface area contributed by atoms with Gasteiger partial charge in [0, 0.05) is 6.54 Å². The van der Waals surface area contributed by atoms with Gasteiger partial charge in [0.05, 0.1) is 0 Å². The lowest BCUT2D eigenvalue weighted by molar-refractivity contribution is 0.186. The molecule has 0 amide bonds. The minimum Gasteiger partial charge on any atom is -0.303 e. The topological polar surface area (TPSA) is 3.24 Å². The van der Waals surface area contributed by atoms with Gasteiger partial charge in [0.1, 0.15) is 0 Å². The normalized spacial score (nSPS) is 19.9. The third kappa shape index (κ3) is 3.58. The molecule has 1 atom stereocenters. The van der Waals surface area contributed by atoms with E-state index < -0.39 is 0 Å². The van der Waals surface area contributed by atoms with E-state index in [9.17, 15) is 0 Å². The quantitative estimate of drug-likeness (QED) is 0.767. The van der Waals surface area contributed by atoms with Crippen LogP contribution in [0, 0.1) is 12.8 Å². The molecule has 0 saturated carbocycles. The number of rotatable bonds is 4. The van der Waals surface area contributed by atoms with Crippen molar-refractivity contribution in [3.05, 3.63) is 35.4 Å². The van der Waals surface area contributed by atoms with Crippen molar-refractivity contribution in [1.29, 1.82) is 0 Å². The lowest BCUT2D eigenvalue weighted by atomic mass is 9.88. The van der Waals surface area contributed by atoms with Crippen molar-refractivity contribution < 1.29 is 0 Å². The van der Waals surface area contributed by atoms with Crippen LogP contribution >= 0.6 is 0 Å². The standard InChI is InChI=1S/C17H27N/c1-4-14(2)13-18-11-9-17(10-12-18)16-7-5-15(3)6-8-16/h5-8,14,17H,4,9-13H2,1-3H3. The second-order valence-corrected chi connectivity index (χ2v) is 6.00. The molecule has 0 aliphatic carbocycles. The van der Waals surface area contributed by atoms with E-state index in [1.165, 1.54) is 44.5 Å². The van der Waals surface area contributed by atoms with Gasteiger partial charge in [-0.25, -0.2) is 0 Å². The third-order valence-electron chi connectivity index (χ3n) is 4.40. The number of hydrogen-bond donors (Lipinski definition) is 0. The van der Waals surface area contributed by atoms with E-state index in [0.29, 0.717) is 0 Å². The Kier molecular flexibility index (Phi) is 4.82. The van der Waals surface area contributed by atoms with Crippen molar-refractivity contribution >= 4 is 0 Å². The predicted molar refractivity (Wildman–Crippen MR) is 79.0 cm³/mol. The van der Waals surface area contributed by atoms with Crippen LogP contribution < -0.4 is 0 Å². The predicted octanol–water partition coefficient (Wildman–Crippen LogP) is 4.22. The Morgan fingerprint density at radius 1 is 1.17 bits per heavy atom. The molecule has 1 aliphatic rings. The fraction of sp³-hybridized carbons (Fsp3) is 0.647. The summed E-state index contributed by atoms with van der Waals surface area (Å²) in [6.45, 7) is 10.7. The van der Waals surface area contributed by atoms with Crippen LogP contribution in [0.5, 0.6) is 0 Å². The Labute approximate surface area is 112 Å². The first kappa shape index (κ1) is 13.6. The lowest BCUT2D eigenvalue weighted by Gasteiger charge is -2.33. The maximum atomic E-state index is 2.65. The van der Waals surface area contributed by atoms with Crippen LogP contribution in [0.2, 0.25) is 0 Å². The molecular weight excluding hydrogens is 218 g/mol. The zero-order valence-electron chi connectivity index (χ0n) is 12.2. The zero-order chi connectivity index (χ0) is 13.0. The van der Waals surface area contributed by atoms with Gasteiger partial charge in [-0.15, -0.1) is 0 Å². The van der Waals surface area contributed by atoms with E-state index in [4.69, 9.17) is 0 Å². The number of piperidine rings is 1. The average Bonchev–Trinajstić information content (AvgIpc) is 2.40. The molecule has 1 saturated heterocycles. The summed E-state index contributed by atoms with van der Waals surface area (Å²) in [5.41, 5.74) is 2.91. The van der Waals surface area contributed by atoms with Gasteiger partial charge >= 0.3 is 0 Å². The second-order valence-electron chi connectivity index (χ2n) is 6.00. The smallest absolute Gasteiger partial charge is 0.000692 e. The van der Waals surface area contributed by atoms with Crippen molar-refractivity contribution in [2.45, 2.75) is 46.0 Å². The van der Waals surface area contributed by atoms with Crippen molar-refractivity contribution in [1.82, 2.24) is 4.90 Å². The molecule has 1 heterocycles. The van der Waals surface area contributed by atoms with Crippen molar-refractivity contribution in [3.8, 4) is 0 Å². The van der Waals surface area contributed by atoms with Gasteiger partial charge in [-0.3, -0.25) is 0 Å². The average molecular weight is 245 g/mol. The highest BCUT2D eigenvalue weighted by Crippen LogP contribution is 2.28. The van der Waals surface area contributed by atoms with E-state index in [2.05, 4.69) is 49.9 Å². The molecule has 1 heteroatoms. The zero-order valence-corrected chi connectivity index (χ0v) is 12.2. The molecule has 0 spiro atoms. The van der Waals surface area contributed by atoms with Crippen molar-refractivity contribution in [2.24, 2.45) is 5.92 Å². The number of aryl methyl sites for hydroxylation is 1. The van der Waals surface area contributed by atoms with E-state index in [0.717, 1.165) is 11.8 Å². The highest BCUT2D eigenvalue weighted by atomic mass is 15.1. The molecule has 1 nitrogen and oxygen atoms in total. The minimum atomic E-state index is 0.791. The fourth-order valence-electron chi connectivity index (χ4n) is 2.86. The Morgan fingerprint density at radius 3 is 2.33 bits per heavy atom. The summed E-state index contributed by atoms with van der Waals surface area (Å²) in [7, 11) is 0. The number of likely N-dealkylation sites (tertiary alicyclic amines) is 1. The van der Waals surface area contributed by atoms with Gasteiger partial charge in [-0.2, -0.15) is 0 Å². The van der Waals surface area contributed by atoms with E-state index in [1.54, 1.807) is 5.56 Å². The SMILES string of the molecule is CCC(C)CN1CCC(c2ccc(C)cc2)CC1. The van der Waals surface area contributed by atoms with Gasteiger partial charge in [0.2, 0.25) is 0 Å². The number of nitrogens with zero attached hydrogens (tertiary/aromatic N) is 1. The molecule has 0 aromatic heterocycles. The first-order valence-electron chi connectivity index (χ1n) is 7.48. The van der Waals surface area contributed by atoms with Crippen LogP contribution in [0.1, 0.15) is 50.2 Å². The van der Waals surface area contributed by atoms with Crippen LogP contribution in [-0.2, 0) is 0 Å². The Morgan fingerprint density at radius 2 is 1.78 bits per heavy atom. The maximum Gasteiger partial charge on any atom is 0.000692 e. The van der Waals surface area contributed by atoms with Gasteiger partial charge < -0.3 is 4.90 Å².